The minimum atomic E-state index is -0.139. The van der Waals surface area contributed by atoms with Crippen LogP contribution < -0.4 is 15.0 Å². The van der Waals surface area contributed by atoms with Gasteiger partial charge >= 0.3 is 0 Å². The first-order chi connectivity index (χ1) is 15.3. The summed E-state index contributed by atoms with van der Waals surface area (Å²) in [5.41, 5.74) is 4.36. The van der Waals surface area contributed by atoms with Gasteiger partial charge in [-0.05, 0) is 46.4 Å². The van der Waals surface area contributed by atoms with Crippen LogP contribution in [0.5, 0.6) is 5.75 Å². The van der Waals surface area contributed by atoms with Crippen molar-refractivity contribution in [3.8, 4) is 5.75 Å². The summed E-state index contributed by atoms with van der Waals surface area (Å²) >= 11 is 0. The number of carbonyl (C=O) groups is 2. The van der Waals surface area contributed by atoms with Crippen molar-refractivity contribution in [2.75, 3.05) is 11.5 Å². The first kappa shape index (κ1) is 21.6. The van der Waals surface area contributed by atoms with Crippen LogP contribution in [0.1, 0.15) is 47.8 Å². The molecule has 0 atom stereocenters. The normalized spacial score (nSPS) is 13.3. The van der Waals surface area contributed by atoms with E-state index in [1.807, 2.05) is 66.7 Å². The van der Waals surface area contributed by atoms with Gasteiger partial charge in [-0.1, -0.05) is 69.3 Å². The van der Waals surface area contributed by atoms with Crippen molar-refractivity contribution >= 4 is 17.5 Å². The minimum Gasteiger partial charge on any atom is -0.482 e. The maximum absolute atomic E-state index is 12.7. The highest BCUT2D eigenvalue weighted by atomic mass is 16.5. The molecule has 3 aromatic carbocycles. The van der Waals surface area contributed by atoms with Gasteiger partial charge in [0.2, 0.25) is 0 Å². The summed E-state index contributed by atoms with van der Waals surface area (Å²) < 4.78 is 5.65. The molecule has 1 aliphatic heterocycles. The van der Waals surface area contributed by atoms with Gasteiger partial charge in [-0.2, -0.15) is 0 Å². The number of benzene rings is 3. The SMILES string of the molecule is CC(C)(C)c1ccc2c(c1)N(Cc1cccc(C(=O)NCc3ccccc3)c1)C(=O)CO2. The predicted octanol–water partition coefficient (Wildman–Crippen LogP) is 4.84. The van der Waals surface area contributed by atoms with E-state index in [1.165, 1.54) is 0 Å². The van der Waals surface area contributed by atoms with E-state index in [-0.39, 0.29) is 23.8 Å². The number of hydrogen-bond acceptors (Lipinski definition) is 3. The Morgan fingerprint density at radius 1 is 0.969 bits per heavy atom. The number of carbonyl (C=O) groups excluding carboxylic acids is 2. The summed E-state index contributed by atoms with van der Waals surface area (Å²) in [6.45, 7) is 7.28. The quantitative estimate of drug-likeness (QED) is 0.633. The summed E-state index contributed by atoms with van der Waals surface area (Å²) in [4.78, 5) is 27.1. The zero-order valence-corrected chi connectivity index (χ0v) is 18.7. The Morgan fingerprint density at radius 3 is 2.47 bits per heavy atom. The molecule has 0 saturated carbocycles. The summed E-state index contributed by atoms with van der Waals surface area (Å²) in [5.74, 6) is 0.469. The molecular formula is C27H28N2O3. The van der Waals surface area contributed by atoms with Crippen LogP contribution in [0.2, 0.25) is 0 Å². The lowest BCUT2D eigenvalue weighted by molar-refractivity contribution is -0.121. The van der Waals surface area contributed by atoms with Gasteiger partial charge in [0.1, 0.15) is 5.75 Å². The third-order valence-electron chi connectivity index (χ3n) is 5.59. The number of nitrogens with one attached hydrogen (secondary N) is 1. The van der Waals surface area contributed by atoms with Gasteiger partial charge in [-0.3, -0.25) is 9.59 Å². The minimum absolute atomic E-state index is 0.0130. The molecule has 3 aromatic rings. The predicted molar refractivity (Wildman–Crippen MR) is 126 cm³/mol. The van der Waals surface area contributed by atoms with Crippen LogP contribution in [0.25, 0.3) is 0 Å². The lowest BCUT2D eigenvalue weighted by atomic mass is 9.86. The highest BCUT2D eigenvalue weighted by Crippen LogP contribution is 2.37. The van der Waals surface area contributed by atoms with E-state index < -0.39 is 0 Å². The van der Waals surface area contributed by atoms with Crippen LogP contribution in [0.3, 0.4) is 0 Å². The zero-order valence-electron chi connectivity index (χ0n) is 18.7. The Balaban J connectivity index is 1.53. The molecule has 1 aliphatic rings. The highest BCUT2D eigenvalue weighted by molar-refractivity contribution is 5.98. The fraction of sp³-hybridized carbons (Fsp3) is 0.259. The second-order valence-corrected chi connectivity index (χ2v) is 9.07. The highest BCUT2D eigenvalue weighted by Gasteiger charge is 2.27. The third kappa shape index (κ3) is 4.83. The molecule has 0 radical (unpaired) electrons. The first-order valence-corrected chi connectivity index (χ1v) is 10.8. The lowest BCUT2D eigenvalue weighted by Crippen LogP contribution is -2.38. The number of hydrogen-bond donors (Lipinski definition) is 1. The molecule has 164 valence electrons. The van der Waals surface area contributed by atoms with Crippen molar-refractivity contribution in [2.45, 2.75) is 39.3 Å². The van der Waals surface area contributed by atoms with Crippen LogP contribution in [-0.2, 0) is 23.3 Å². The number of rotatable bonds is 5. The third-order valence-corrected chi connectivity index (χ3v) is 5.59. The maximum Gasteiger partial charge on any atom is 0.265 e. The van der Waals surface area contributed by atoms with Crippen molar-refractivity contribution < 1.29 is 14.3 Å². The van der Waals surface area contributed by atoms with Gasteiger partial charge in [0.05, 0.1) is 12.2 Å². The van der Waals surface area contributed by atoms with Crippen LogP contribution in [0.15, 0.2) is 72.8 Å². The summed E-state index contributed by atoms with van der Waals surface area (Å²) in [6.07, 6.45) is 0. The van der Waals surface area contributed by atoms with Gasteiger partial charge in [-0.25, -0.2) is 0 Å². The molecule has 5 heteroatoms. The number of amides is 2. The molecule has 0 fully saturated rings. The van der Waals surface area contributed by atoms with Crippen molar-refractivity contribution in [1.29, 1.82) is 0 Å². The van der Waals surface area contributed by atoms with Crippen molar-refractivity contribution in [2.24, 2.45) is 0 Å². The molecule has 32 heavy (non-hydrogen) atoms. The molecule has 1 N–H and O–H groups in total. The molecule has 0 bridgehead atoms. The topological polar surface area (TPSA) is 58.6 Å². The molecule has 2 amide bonds. The second kappa shape index (κ2) is 8.87. The van der Waals surface area contributed by atoms with Crippen LogP contribution >= 0.6 is 0 Å². The zero-order chi connectivity index (χ0) is 22.7. The first-order valence-electron chi connectivity index (χ1n) is 10.8. The summed E-state index contributed by atoms with van der Waals surface area (Å²) in [6, 6.07) is 23.2. The molecule has 1 heterocycles. The van der Waals surface area contributed by atoms with E-state index in [1.54, 1.807) is 11.0 Å². The monoisotopic (exact) mass is 428 g/mol. The van der Waals surface area contributed by atoms with Gasteiger partial charge in [-0.15, -0.1) is 0 Å². The average molecular weight is 429 g/mol. The van der Waals surface area contributed by atoms with E-state index >= 15 is 0 Å². The fourth-order valence-electron chi connectivity index (χ4n) is 3.72. The Bertz CT molecular complexity index is 1130. The van der Waals surface area contributed by atoms with E-state index in [0.29, 0.717) is 24.4 Å². The largest absolute Gasteiger partial charge is 0.482 e. The Kier molecular flexibility index (Phi) is 5.99. The standard InChI is InChI=1S/C27H28N2O3/c1-27(2,3)22-12-13-24-23(15-22)29(25(30)18-32-24)17-20-10-7-11-21(14-20)26(31)28-16-19-8-5-4-6-9-19/h4-15H,16-18H2,1-3H3,(H,28,31). The van der Waals surface area contributed by atoms with E-state index in [2.05, 4.69) is 26.1 Å². The molecular weight excluding hydrogens is 400 g/mol. The van der Waals surface area contributed by atoms with Crippen molar-refractivity contribution in [3.05, 3.63) is 95.1 Å². The maximum atomic E-state index is 12.7. The van der Waals surface area contributed by atoms with Crippen LogP contribution in [0.4, 0.5) is 5.69 Å². The smallest absolute Gasteiger partial charge is 0.265 e. The Labute approximate surface area is 189 Å². The van der Waals surface area contributed by atoms with Gasteiger partial charge in [0.25, 0.3) is 11.8 Å². The molecule has 0 aliphatic carbocycles. The molecule has 5 nitrogen and oxygen atoms in total. The van der Waals surface area contributed by atoms with Gasteiger partial charge < -0.3 is 15.0 Å². The Morgan fingerprint density at radius 2 is 1.72 bits per heavy atom. The van der Waals surface area contributed by atoms with Gasteiger partial charge in [0.15, 0.2) is 6.61 Å². The van der Waals surface area contributed by atoms with E-state index in [4.69, 9.17) is 4.74 Å². The van der Waals surface area contributed by atoms with Crippen molar-refractivity contribution in [1.82, 2.24) is 5.32 Å². The Hall–Kier alpha value is -3.60. The molecule has 0 spiro atoms. The van der Waals surface area contributed by atoms with E-state index in [9.17, 15) is 9.59 Å². The van der Waals surface area contributed by atoms with Crippen LogP contribution in [0, 0.1) is 0 Å². The molecule has 0 saturated heterocycles. The van der Waals surface area contributed by atoms with Crippen molar-refractivity contribution in [3.63, 3.8) is 0 Å². The molecule has 0 unspecified atom stereocenters. The lowest BCUT2D eigenvalue weighted by Gasteiger charge is -2.31. The summed E-state index contributed by atoms with van der Waals surface area (Å²) in [7, 11) is 0. The van der Waals surface area contributed by atoms with Gasteiger partial charge in [0, 0.05) is 12.1 Å². The second-order valence-electron chi connectivity index (χ2n) is 9.07. The fourth-order valence-corrected chi connectivity index (χ4v) is 3.72. The number of ether oxygens (including phenoxy) is 1. The van der Waals surface area contributed by atoms with E-state index in [0.717, 1.165) is 22.4 Å². The number of nitrogens with zero attached hydrogens (tertiary/aromatic N) is 1. The number of anilines is 1. The number of fused-ring (bicyclic) bond motifs is 1. The molecule has 4 rings (SSSR count). The van der Waals surface area contributed by atoms with Crippen LogP contribution in [-0.4, -0.2) is 18.4 Å². The average Bonchev–Trinajstić information content (AvgIpc) is 2.79. The summed E-state index contributed by atoms with van der Waals surface area (Å²) in [5, 5.41) is 2.96. The molecule has 0 aromatic heterocycles.